The van der Waals surface area contributed by atoms with Crippen LogP contribution in [0, 0.1) is 6.92 Å². The second-order valence-electron chi connectivity index (χ2n) is 6.25. The van der Waals surface area contributed by atoms with Gasteiger partial charge in [0.25, 0.3) is 11.8 Å². The third kappa shape index (κ3) is 3.13. The Morgan fingerprint density at radius 1 is 1.04 bits per heavy atom. The molecule has 0 aromatic heterocycles. The van der Waals surface area contributed by atoms with Gasteiger partial charge < -0.3 is 5.32 Å². The summed E-state index contributed by atoms with van der Waals surface area (Å²) in [6.45, 7) is 1.88. The zero-order valence-corrected chi connectivity index (χ0v) is 14.0. The molecule has 1 fully saturated rings. The number of carbonyl (C=O) groups is 2. The van der Waals surface area contributed by atoms with E-state index in [1.807, 2.05) is 25.1 Å². The molecule has 5 heteroatoms. The minimum absolute atomic E-state index is 0.00231. The van der Waals surface area contributed by atoms with Gasteiger partial charge in [0, 0.05) is 6.04 Å². The van der Waals surface area contributed by atoms with Crippen molar-refractivity contribution in [2.75, 3.05) is 4.90 Å². The maximum Gasteiger partial charge on any atom is 0.283 e. The van der Waals surface area contributed by atoms with Crippen LogP contribution in [0.5, 0.6) is 0 Å². The lowest BCUT2D eigenvalue weighted by atomic mass is 10.1. The van der Waals surface area contributed by atoms with Crippen molar-refractivity contribution in [3.63, 3.8) is 0 Å². The number of imide groups is 1. The third-order valence-electron chi connectivity index (χ3n) is 4.59. The van der Waals surface area contributed by atoms with Crippen LogP contribution in [0.1, 0.15) is 44.1 Å². The lowest BCUT2D eigenvalue weighted by Gasteiger charge is -2.20. The molecule has 0 atom stereocenters. The van der Waals surface area contributed by atoms with E-state index < -0.39 is 5.91 Å². The second kappa shape index (κ2) is 6.75. The number of nitrogens with one attached hydrogen (secondary N) is 1. The van der Waals surface area contributed by atoms with E-state index in [9.17, 15) is 9.59 Å². The van der Waals surface area contributed by atoms with E-state index in [0.29, 0.717) is 5.69 Å². The quantitative estimate of drug-likeness (QED) is 0.679. The monoisotopic (exact) mass is 332 g/mol. The van der Waals surface area contributed by atoms with Crippen LogP contribution in [0.3, 0.4) is 0 Å². The third-order valence-corrected chi connectivity index (χ3v) is 4.94. The summed E-state index contributed by atoms with van der Waals surface area (Å²) >= 11 is 6.19. The highest BCUT2D eigenvalue weighted by Crippen LogP contribution is 2.31. The van der Waals surface area contributed by atoms with Gasteiger partial charge in [-0.15, -0.1) is 0 Å². The molecular formula is C18H21ClN2O2. The number of halogens is 1. The molecule has 1 heterocycles. The maximum atomic E-state index is 12.7. The Balaban J connectivity index is 1.83. The molecule has 0 radical (unpaired) electrons. The van der Waals surface area contributed by atoms with Crippen molar-refractivity contribution in [3.05, 3.63) is 40.6 Å². The first-order valence-corrected chi connectivity index (χ1v) is 8.58. The predicted molar refractivity (Wildman–Crippen MR) is 91.2 cm³/mol. The van der Waals surface area contributed by atoms with Crippen molar-refractivity contribution >= 4 is 29.1 Å². The number of hydrogen-bond acceptors (Lipinski definition) is 3. The van der Waals surface area contributed by atoms with Gasteiger partial charge >= 0.3 is 0 Å². The zero-order valence-electron chi connectivity index (χ0n) is 13.3. The molecule has 4 nitrogen and oxygen atoms in total. The fraction of sp³-hybridized carbons (Fsp3) is 0.444. The summed E-state index contributed by atoms with van der Waals surface area (Å²) in [5, 5.41) is 3.24. The normalized spacial score (nSPS) is 20.2. The number of carbonyl (C=O) groups excluding carboxylic acids is 2. The fourth-order valence-electron chi connectivity index (χ4n) is 3.29. The average molecular weight is 333 g/mol. The Morgan fingerprint density at radius 2 is 1.70 bits per heavy atom. The molecular weight excluding hydrogens is 312 g/mol. The lowest BCUT2D eigenvalue weighted by molar-refractivity contribution is -0.120. The standard InChI is InChI=1S/C18H21ClN2O2/c1-12-8-6-7-11-14(12)21-17(22)15(19)16(18(21)23)20-13-9-4-2-3-5-10-13/h6-8,11,13,20H,2-5,9-10H2,1H3. The molecule has 0 unspecified atom stereocenters. The smallest absolute Gasteiger partial charge is 0.283 e. The molecule has 1 aliphatic heterocycles. The van der Waals surface area contributed by atoms with Crippen LogP contribution < -0.4 is 10.2 Å². The van der Waals surface area contributed by atoms with Crippen molar-refractivity contribution in [1.29, 1.82) is 0 Å². The molecule has 0 bridgehead atoms. The van der Waals surface area contributed by atoms with Gasteiger partial charge in [-0.3, -0.25) is 9.59 Å². The molecule has 2 amide bonds. The van der Waals surface area contributed by atoms with Crippen LogP contribution in [0.25, 0.3) is 0 Å². The Labute approximate surface area is 141 Å². The molecule has 3 rings (SSSR count). The van der Waals surface area contributed by atoms with Crippen molar-refractivity contribution < 1.29 is 9.59 Å². The summed E-state index contributed by atoms with van der Waals surface area (Å²) in [6.07, 6.45) is 6.78. The van der Waals surface area contributed by atoms with Crippen LogP contribution >= 0.6 is 11.6 Å². The average Bonchev–Trinajstić information content (AvgIpc) is 2.75. The number of rotatable bonds is 3. The first kappa shape index (κ1) is 16.1. The summed E-state index contributed by atoms with van der Waals surface area (Å²) in [5.41, 5.74) is 1.72. The summed E-state index contributed by atoms with van der Waals surface area (Å²) in [7, 11) is 0. The summed E-state index contributed by atoms with van der Waals surface area (Å²) in [6, 6.07) is 7.55. The first-order chi connectivity index (χ1) is 11.1. The number of benzene rings is 1. The highest BCUT2D eigenvalue weighted by molar-refractivity contribution is 6.52. The lowest BCUT2D eigenvalue weighted by Crippen LogP contribution is -2.37. The van der Waals surface area contributed by atoms with E-state index in [1.165, 1.54) is 17.7 Å². The number of anilines is 1. The van der Waals surface area contributed by atoms with E-state index in [-0.39, 0.29) is 22.7 Å². The second-order valence-corrected chi connectivity index (χ2v) is 6.63. The molecule has 1 saturated carbocycles. The number of nitrogens with zero attached hydrogens (tertiary/aromatic N) is 1. The van der Waals surface area contributed by atoms with Gasteiger partial charge in [0.15, 0.2) is 0 Å². The van der Waals surface area contributed by atoms with E-state index >= 15 is 0 Å². The van der Waals surface area contributed by atoms with Crippen molar-refractivity contribution in [2.24, 2.45) is 0 Å². The van der Waals surface area contributed by atoms with E-state index in [2.05, 4.69) is 5.32 Å². The number of aryl methyl sites for hydroxylation is 1. The molecule has 0 saturated heterocycles. The van der Waals surface area contributed by atoms with Crippen molar-refractivity contribution in [2.45, 2.75) is 51.5 Å². The van der Waals surface area contributed by atoms with Gasteiger partial charge in [0.2, 0.25) is 0 Å². The maximum absolute atomic E-state index is 12.7. The molecule has 1 aliphatic carbocycles. The van der Waals surface area contributed by atoms with Crippen LogP contribution in [0.15, 0.2) is 35.0 Å². The molecule has 2 aliphatic rings. The minimum atomic E-state index is -0.443. The van der Waals surface area contributed by atoms with Gasteiger partial charge in [-0.25, -0.2) is 4.90 Å². The van der Waals surface area contributed by atoms with Crippen molar-refractivity contribution in [3.8, 4) is 0 Å². The largest absolute Gasteiger partial charge is 0.376 e. The summed E-state index contributed by atoms with van der Waals surface area (Å²) in [4.78, 5) is 26.4. The van der Waals surface area contributed by atoms with Gasteiger partial charge in [-0.1, -0.05) is 55.5 Å². The highest BCUT2D eigenvalue weighted by atomic mass is 35.5. The van der Waals surface area contributed by atoms with E-state index in [4.69, 9.17) is 11.6 Å². The topological polar surface area (TPSA) is 49.4 Å². The number of para-hydroxylation sites is 1. The van der Waals surface area contributed by atoms with Gasteiger partial charge in [0.05, 0.1) is 5.69 Å². The van der Waals surface area contributed by atoms with Crippen LogP contribution in [0.2, 0.25) is 0 Å². The molecule has 1 aromatic rings. The SMILES string of the molecule is Cc1ccccc1N1C(=O)C(Cl)=C(NC2CCCCCC2)C1=O. The molecule has 0 spiro atoms. The Morgan fingerprint density at radius 3 is 2.35 bits per heavy atom. The van der Waals surface area contributed by atoms with Crippen LogP contribution in [-0.4, -0.2) is 17.9 Å². The van der Waals surface area contributed by atoms with Crippen molar-refractivity contribution in [1.82, 2.24) is 5.32 Å². The predicted octanol–water partition coefficient (Wildman–Crippen LogP) is 3.63. The fourth-order valence-corrected chi connectivity index (χ4v) is 3.51. The van der Waals surface area contributed by atoms with E-state index in [1.54, 1.807) is 6.07 Å². The number of amides is 2. The number of hydrogen-bond donors (Lipinski definition) is 1. The van der Waals surface area contributed by atoms with Gasteiger partial charge in [-0.2, -0.15) is 0 Å². The Kier molecular flexibility index (Phi) is 4.71. The highest BCUT2D eigenvalue weighted by Gasteiger charge is 2.40. The first-order valence-electron chi connectivity index (χ1n) is 8.20. The van der Waals surface area contributed by atoms with E-state index in [0.717, 1.165) is 31.2 Å². The van der Waals surface area contributed by atoms with Gasteiger partial charge in [-0.05, 0) is 31.4 Å². The van der Waals surface area contributed by atoms with Crippen LogP contribution in [-0.2, 0) is 9.59 Å². The summed E-state index contributed by atoms with van der Waals surface area (Å²) in [5.74, 6) is -0.791. The zero-order chi connectivity index (χ0) is 16.4. The Bertz CT molecular complexity index is 661. The summed E-state index contributed by atoms with van der Waals surface area (Å²) < 4.78 is 0. The minimum Gasteiger partial charge on any atom is -0.376 e. The molecule has 1 N–H and O–H groups in total. The molecule has 122 valence electrons. The van der Waals surface area contributed by atoms with Crippen LogP contribution in [0.4, 0.5) is 5.69 Å². The van der Waals surface area contributed by atoms with Gasteiger partial charge in [0.1, 0.15) is 10.7 Å². The molecule has 1 aromatic carbocycles. The Hall–Kier alpha value is -1.81. The molecule has 23 heavy (non-hydrogen) atoms.